The summed E-state index contributed by atoms with van der Waals surface area (Å²) in [6, 6.07) is 15.9. The molecule has 1 nitrogen and oxygen atoms in total. The normalized spacial score (nSPS) is 22.6. The van der Waals surface area contributed by atoms with Gasteiger partial charge in [-0.2, -0.15) is 0 Å². The minimum atomic E-state index is -0.150. The van der Waals surface area contributed by atoms with Crippen molar-refractivity contribution in [2.75, 3.05) is 18.8 Å². The Labute approximate surface area is 129 Å². The van der Waals surface area contributed by atoms with Crippen molar-refractivity contribution in [1.29, 1.82) is 0 Å². The quantitative estimate of drug-likeness (QED) is 0.921. The maximum atomic E-state index is 13.2. The maximum Gasteiger partial charge on any atom is 0.123 e. The van der Waals surface area contributed by atoms with Crippen molar-refractivity contribution in [2.45, 2.75) is 22.6 Å². The molecule has 0 aromatic heterocycles. The fraction of sp³-hybridized carbons (Fsp3) is 0.333. The Morgan fingerprint density at radius 3 is 2.57 bits per heavy atom. The average molecular weight is 299 g/mol. The molecule has 4 rings (SSSR count). The molecule has 2 aromatic rings. The van der Waals surface area contributed by atoms with Gasteiger partial charge >= 0.3 is 0 Å². The molecular formula is C18H18FNS. The lowest BCUT2D eigenvalue weighted by Crippen LogP contribution is -2.57. The van der Waals surface area contributed by atoms with Crippen molar-refractivity contribution in [3.8, 4) is 0 Å². The van der Waals surface area contributed by atoms with Gasteiger partial charge in [0, 0.05) is 29.2 Å². The van der Waals surface area contributed by atoms with Crippen LogP contribution < -0.4 is 5.32 Å². The zero-order valence-corrected chi connectivity index (χ0v) is 12.6. The molecule has 0 aliphatic carbocycles. The summed E-state index contributed by atoms with van der Waals surface area (Å²) in [6.45, 7) is 2.00. The number of benzene rings is 2. The molecule has 0 saturated carbocycles. The molecule has 2 heterocycles. The van der Waals surface area contributed by atoms with Crippen LogP contribution in [0.15, 0.2) is 53.4 Å². The highest BCUT2D eigenvalue weighted by atomic mass is 32.2. The number of halogens is 1. The minimum absolute atomic E-state index is 0.150. The lowest BCUT2D eigenvalue weighted by atomic mass is 9.69. The lowest BCUT2D eigenvalue weighted by molar-refractivity contribution is 0.245. The third-order valence-electron chi connectivity index (χ3n) is 4.82. The first kappa shape index (κ1) is 13.4. The van der Waals surface area contributed by atoms with Gasteiger partial charge in [-0.1, -0.05) is 30.3 Å². The molecule has 1 N–H and O–H groups in total. The van der Waals surface area contributed by atoms with Crippen LogP contribution in [0.5, 0.6) is 0 Å². The molecule has 1 unspecified atom stereocenters. The van der Waals surface area contributed by atoms with Gasteiger partial charge in [0.25, 0.3) is 0 Å². The van der Waals surface area contributed by atoms with Crippen LogP contribution >= 0.6 is 11.8 Å². The first-order chi connectivity index (χ1) is 10.3. The molecule has 1 fully saturated rings. The molecular weight excluding hydrogens is 281 g/mol. The highest BCUT2D eigenvalue weighted by molar-refractivity contribution is 7.99. The minimum Gasteiger partial charge on any atom is -0.315 e. The fourth-order valence-electron chi connectivity index (χ4n) is 3.57. The van der Waals surface area contributed by atoms with Crippen LogP contribution in [-0.2, 0) is 5.41 Å². The Balaban J connectivity index is 1.62. The number of thioether (sulfide) groups is 1. The van der Waals surface area contributed by atoms with Crippen LogP contribution in [0.3, 0.4) is 0 Å². The summed E-state index contributed by atoms with van der Waals surface area (Å²) >= 11 is 1.97. The first-order valence-electron chi connectivity index (χ1n) is 7.45. The number of fused-ring (bicyclic) bond motifs is 1. The molecule has 3 heteroatoms. The fourth-order valence-corrected chi connectivity index (χ4v) is 4.82. The van der Waals surface area contributed by atoms with Crippen molar-refractivity contribution < 1.29 is 4.39 Å². The van der Waals surface area contributed by atoms with Gasteiger partial charge in [-0.05, 0) is 41.7 Å². The Morgan fingerprint density at radius 1 is 1.10 bits per heavy atom. The van der Waals surface area contributed by atoms with E-state index in [0.29, 0.717) is 5.92 Å². The third kappa shape index (κ3) is 2.29. The van der Waals surface area contributed by atoms with E-state index in [9.17, 15) is 4.39 Å². The average Bonchev–Trinajstić information content (AvgIpc) is 2.87. The molecule has 2 aliphatic heterocycles. The summed E-state index contributed by atoms with van der Waals surface area (Å²) in [5, 5.41) is 3.41. The highest BCUT2D eigenvalue weighted by Crippen LogP contribution is 2.46. The third-order valence-corrected chi connectivity index (χ3v) is 6.07. The first-order valence-corrected chi connectivity index (χ1v) is 8.44. The molecule has 1 saturated heterocycles. The van der Waals surface area contributed by atoms with E-state index >= 15 is 0 Å². The van der Waals surface area contributed by atoms with E-state index in [1.165, 1.54) is 21.8 Å². The molecule has 2 aliphatic rings. The Kier molecular flexibility index (Phi) is 3.27. The van der Waals surface area contributed by atoms with Gasteiger partial charge in [-0.15, -0.1) is 11.8 Å². The molecule has 1 atom stereocenters. The monoisotopic (exact) mass is 299 g/mol. The molecule has 2 aromatic carbocycles. The second-order valence-electron chi connectivity index (χ2n) is 6.14. The summed E-state index contributed by atoms with van der Waals surface area (Å²) in [5.74, 6) is 1.63. The van der Waals surface area contributed by atoms with E-state index in [4.69, 9.17) is 0 Å². The molecule has 0 spiro atoms. The van der Waals surface area contributed by atoms with Crippen LogP contribution in [0.25, 0.3) is 0 Å². The zero-order valence-electron chi connectivity index (χ0n) is 11.8. The Bertz CT molecular complexity index is 649. The molecule has 0 amide bonds. The summed E-state index contributed by atoms with van der Waals surface area (Å²) < 4.78 is 13.2. The van der Waals surface area contributed by atoms with E-state index in [1.807, 2.05) is 23.9 Å². The summed E-state index contributed by atoms with van der Waals surface area (Å²) in [4.78, 5) is 1.43. The summed E-state index contributed by atoms with van der Waals surface area (Å²) in [6.07, 6.45) is 1.15. The molecule has 108 valence electrons. The predicted molar refractivity (Wildman–Crippen MR) is 85.5 cm³/mol. The van der Waals surface area contributed by atoms with Gasteiger partial charge in [0.1, 0.15) is 5.82 Å². The predicted octanol–water partition coefficient (Wildman–Crippen LogP) is 3.95. The van der Waals surface area contributed by atoms with Crippen LogP contribution in [0.2, 0.25) is 0 Å². The van der Waals surface area contributed by atoms with Gasteiger partial charge < -0.3 is 5.32 Å². The molecule has 21 heavy (non-hydrogen) atoms. The number of nitrogens with one attached hydrogen (secondary N) is 1. The Morgan fingerprint density at radius 2 is 1.86 bits per heavy atom. The van der Waals surface area contributed by atoms with E-state index in [-0.39, 0.29) is 11.2 Å². The molecule has 0 radical (unpaired) electrons. The largest absolute Gasteiger partial charge is 0.315 e. The van der Waals surface area contributed by atoms with Gasteiger partial charge in [0.2, 0.25) is 0 Å². The van der Waals surface area contributed by atoms with Gasteiger partial charge in [0.15, 0.2) is 0 Å². The van der Waals surface area contributed by atoms with Gasteiger partial charge in [0.05, 0.1) is 0 Å². The zero-order chi connectivity index (χ0) is 14.3. The molecule has 0 bridgehead atoms. The number of hydrogen-bond acceptors (Lipinski definition) is 2. The second-order valence-corrected chi connectivity index (χ2v) is 7.20. The summed E-state index contributed by atoms with van der Waals surface area (Å²) in [7, 11) is 0. The highest BCUT2D eigenvalue weighted by Gasteiger charge is 2.42. The van der Waals surface area contributed by atoms with Crippen LogP contribution in [0, 0.1) is 5.82 Å². The van der Waals surface area contributed by atoms with Crippen molar-refractivity contribution >= 4 is 11.8 Å². The maximum absolute atomic E-state index is 13.2. The van der Waals surface area contributed by atoms with E-state index in [1.54, 1.807) is 12.1 Å². The van der Waals surface area contributed by atoms with Crippen molar-refractivity contribution in [2.24, 2.45) is 0 Å². The van der Waals surface area contributed by atoms with Crippen molar-refractivity contribution in [1.82, 2.24) is 5.32 Å². The van der Waals surface area contributed by atoms with Crippen LogP contribution in [-0.4, -0.2) is 18.8 Å². The second kappa shape index (κ2) is 5.15. The number of hydrogen-bond donors (Lipinski definition) is 1. The van der Waals surface area contributed by atoms with Gasteiger partial charge in [-0.25, -0.2) is 4.39 Å². The lowest BCUT2D eigenvalue weighted by Gasteiger charge is -2.45. The van der Waals surface area contributed by atoms with Crippen molar-refractivity contribution in [3.63, 3.8) is 0 Å². The van der Waals surface area contributed by atoms with Gasteiger partial charge in [-0.3, -0.25) is 0 Å². The smallest absolute Gasteiger partial charge is 0.123 e. The van der Waals surface area contributed by atoms with E-state index in [2.05, 4.69) is 29.6 Å². The number of rotatable bonds is 3. The van der Waals surface area contributed by atoms with E-state index < -0.39 is 0 Å². The topological polar surface area (TPSA) is 12.0 Å². The van der Waals surface area contributed by atoms with Crippen molar-refractivity contribution in [3.05, 3.63) is 65.5 Å². The standard InChI is InChI=1S/C18H18FNS/c19-15-7-5-14(6-8-15)18(11-20-12-18)9-13-10-21-17-4-2-1-3-16(13)17/h1-8,13,20H,9-12H2. The summed E-state index contributed by atoms with van der Waals surface area (Å²) in [5.41, 5.74) is 2.95. The van der Waals surface area contributed by atoms with Crippen LogP contribution in [0.1, 0.15) is 23.5 Å². The Hall–Kier alpha value is -1.32. The van der Waals surface area contributed by atoms with E-state index in [0.717, 1.165) is 19.5 Å². The van der Waals surface area contributed by atoms with Crippen LogP contribution in [0.4, 0.5) is 4.39 Å². The SMILES string of the molecule is Fc1ccc(C2(CC3CSc4ccccc43)CNC2)cc1.